The third-order valence-corrected chi connectivity index (χ3v) is 7.66. The number of rotatable bonds is 5. The summed E-state index contributed by atoms with van der Waals surface area (Å²) >= 11 is -1.80. The second-order valence-corrected chi connectivity index (χ2v) is 9.10. The normalized spacial score (nSPS) is 13.7. The average molecular weight is 374 g/mol. The molecule has 4 N–H and O–H groups in total. The van der Waals surface area contributed by atoms with Crippen LogP contribution in [0.4, 0.5) is 0 Å². The van der Waals surface area contributed by atoms with Gasteiger partial charge in [0.15, 0.2) is 0 Å². The van der Waals surface area contributed by atoms with Gasteiger partial charge in [-0.25, -0.2) is 0 Å². The molecule has 1 aliphatic rings. The zero-order valence-electron chi connectivity index (χ0n) is 15.1. The number of hydrogen-bond acceptors (Lipinski definition) is 3. The average Bonchev–Trinajstić information content (AvgIpc) is 2.61. The van der Waals surface area contributed by atoms with E-state index in [1.165, 1.54) is 39.0 Å². The van der Waals surface area contributed by atoms with Gasteiger partial charge < -0.3 is 19.5 Å². The van der Waals surface area contributed by atoms with Crippen molar-refractivity contribution < 1.29 is 24.3 Å². The molecular formula is C20H27AlO5. The monoisotopic (exact) mass is 374 g/mol. The van der Waals surface area contributed by atoms with Crippen LogP contribution in [0, 0.1) is 0 Å². The lowest BCUT2D eigenvalue weighted by Crippen LogP contribution is -2.40. The Morgan fingerprint density at radius 2 is 1.58 bits per heavy atom. The Hall–Kier alpha value is -1.84. The van der Waals surface area contributed by atoms with E-state index in [-0.39, 0.29) is 16.9 Å². The van der Waals surface area contributed by atoms with Gasteiger partial charge in [-0.1, -0.05) is 66.9 Å². The SMILES string of the molecule is CC(=O)[O][Al]([c]1cccc(Oc2ccccc2)c1)[CH]1CCCCC1.O.O. The smallest absolute Gasteiger partial charge is 0.594 e. The molecule has 0 bridgehead atoms. The Morgan fingerprint density at radius 1 is 0.923 bits per heavy atom. The number of benzene rings is 2. The molecule has 0 heterocycles. The Kier molecular flexibility index (Phi) is 9.39. The fraction of sp³-hybridized carbons (Fsp3) is 0.350. The van der Waals surface area contributed by atoms with Crippen molar-refractivity contribution in [3.8, 4) is 11.5 Å². The first-order valence-corrected chi connectivity index (χ1v) is 10.4. The standard InChI is InChI=1S/C12H9O.C6H11.C2H4O2.Al.2H2O/c1-3-7-11(8-4-1)13-12-9-5-2-6-10-12;1-2-4-6-5-3-1;1-2(3)4;;;/h1-5,7-10H;1H,2-6H2;1H3,(H,3,4);;2*1H2/q;;;+1;;/p-1. The molecule has 1 fully saturated rings. The van der Waals surface area contributed by atoms with Gasteiger partial charge in [-0.05, 0) is 29.0 Å². The van der Waals surface area contributed by atoms with Crippen molar-refractivity contribution in [2.75, 3.05) is 0 Å². The summed E-state index contributed by atoms with van der Waals surface area (Å²) in [6, 6.07) is 17.9. The van der Waals surface area contributed by atoms with Crippen molar-refractivity contribution in [2.24, 2.45) is 0 Å². The van der Waals surface area contributed by atoms with Crippen LogP contribution in [0.3, 0.4) is 0 Å². The first kappa shape index (κ1) is 22.2. The van der Waals surface area contributed by atoms with Crippen LogP contribution in [0.1, 0.15) is 39.0 Å². The fourth-order valence-electron chi connectivity index (χ4n) is 3.43. The van der Waals surface area contributed by atoms with Crippen molar-refractivity contribution in [3.63, 3.8) is 0 Å². The lowest BCUT2D eigenvalue weighted by molar-refractivity contribution is -0.132. The Labute approximate surface area is 159 Å². The quantitative estimate of drug-likeness (QED) is 0.752. The molecule has 0 radical (unpaired) electrons. The molecule has 1 saturated carbocycles. The van der Waals surface area contributed by atoms with Crippen LogP contribution >= 0.6 is 0 Å². The molecule has 26 heavy (non-hydrogen) atoms. The summed E-state index contributed by atoms with van der Waals surface area (Å²) in [6.07, 6.45) is 6.14. The molecule has 6 heteroatoms. The van der Waals surface area contributed by atoms with E-state index in [0.717, 1.165) is 15.9 Å². The van der Waals surface area contributed by atoms with Crippen molar-refractivity contribution in [2.45, 2.75) is 43.8 Å². The van der Waals surface area contributed by atoms with Gasteiger partial charge in [-0.15, -0.1) is 0 Å². The predicted molar refractivity (Wildman–Crippen MR) is 104 cm³/mol. The maximum atomic E-state index is 11.6. The van der Waals surface area contributed by atoms with Crippen molar-refractivity contribution >= 4 is 24.9 Å². The fourth-order valence-corrected chi connectivity index (χ4v) is 6.37. The predicted octanol–water partition coefficient (Wildman–Crippen LogP) is 2.93. The van der Waals surface area contributed by atoms with Gasteiger partial charge in [0.2, 0.25) is 0 Å². The van der Waals surface area contributed by atoms with Crippen LogP contribution in [-0.2, 0) is 8.58 Å². The van der Waals surface area contributed by atoms with Gasteiger partial charge in [0.1, 0.15) is 11.5 Å². The number of carbonyl (C=O) groups is 1. The van der Waals surface area contributed by atoms with Gasteiger partial charge in [0, 0.05) is 6.92 Å². The maximum absolute atomic E-state index is 11.6. The lowest BCUT2D eigenvalue weighted by Gasteiger charge is -2.26. The van der Waals surface area contributed by atoms with Gasteiger partial charge in [-0.2, -0.15) is 0 Å². The van der Waals surface area contributed by atoms with E-state index in [2.05, 4.69) is 12.1 Å². The van der Waals surface area contributed by atoms with E-state index in [1.807, 2.05) is 42.5 Å². The minimum absolute atomic E-state index is 0. The van der Waals surface area contributed by atoms with Gasteiger partial charge in [0.25, 0.3) is 5.97 Å². The highest BCUT2D eigenvalue weighted by atomic mass is 27.2. The number of para-hydroxylation sites is 1. The summed E-state index contributed by atoms with van der Waals surface area (Å²) < 4.78 is 13.5. The molecule has 0 saturated heterocycles. The largest absolute Gasteiger partial charge is 0.613 e. The van der Waals surface area contributed by atoms with Crippen LogP contribution in [0.15, 0.2) is 54.6 Å². The first-order chi connectivity index (χ1) is 11.7. The van der Waals surface area contributed by atoms with E-state index >= 15 is 0 Å². The highest BCUT2D eigenvalue weighted by molar-refractivity contribution is 6.70. The van der Waals surface area contributed by atoms with Crippen LogP contribution < -0.4 is 9.16 Å². The third kappa shape index (κ3) is 6.15. The molecule has 1 aliphatic carbocycles. The molecule has 0 spiro atoms. The summed E-state index contributed by atoms with van der Waals surface area (Å²) in [7, 11) is 0. The van der Waals surface area contributed by atoms with Gasteiger partial charge in [-0.3, -0.25) is 4.79 Å². The maximum Gasteiger partial charge on any atom is 0.594 e. The highest BCUT2D eigenvalue weighted by Crippen LogP contribution is 2.32. The Bertz CT molecular complexity index is 671. The molecule has 2 aromatic rings. The molecule has 0 aliphatic heterocycles. The molecule has 3 rings (SSSR count). The zero-order chi connectivity index (χ0) is 16.8. The van der Waals surface area contributed by atoms with Crippen molar-refractivity contribution in [3.05, 3.63) is 54.6 Å². The highest BCUT2D eigenvalue weighted by Gasteiger charge is 2.38. The molecule has 0 unspecified atom stereocenters. The molecule has 0 amide bonds. The van der Waals surface area contributed by atoms with Crippen LogP contribution in [-0.4, -0.2) is 31.4 Å². The van der Waals surface area contributed by atoms with Gasteiger partial charge in [0.05, 0.1) is 0 Å². The van der Waals surface area contributed by atoms with E-state index in [1.54, 1.807) is 0 Å². The van der Waals surface area contributed by atoms with Crippen LogP contribution in [0.2, 0.25) is 4.78 Å². The molecule has 5 nitrogen and oxygen atoms in total. The van der Waals surface area contributed by atoms with E-state index in [0.29, 0.717) is 4.78 Å². The van der Waals surface area contributed by atoms with Crippen molar-refractivity contribution in [1.82, 2.24) is 0 Å². The van der Waals surface area contributed by atoms with Crippen LogP contribution in [0.5, 0.6) is 11.5 Å². The van der Waals surface area contributed by atoms with Crippen LogP contribution in [0.25, 0.3) is 0 Å². The minimum atomic E-state index is -1.80. The summed E-state index contributed by atoms with van der Waals surface area (Å²) in [5, 5.41) is 0. The Morgan fingerprint density at radius 3 is 2.23 bits per heavy atom. The van der Waals surface area contributed by atoms with E-state index < -0.39 is 14.5 Å². The second-order valence-electron chi connectivity index (χ2n) is 6.42. The summed E-state index contributed by atoms with van der Waals surface area (Å²) in [5.41, 5.74) is 0. The molecule has 140 valence electrons. The minimum Gasteiger partial charge on any atom is -0.613 e. The third-order valence-electron chi connectivity index (χ3n) is 4.54. The van der Waals surface area contributed by atoms with Gasteiger partial charge >= 0.3 is 14.5 Å². The number of hydrogen-bond donors (Lipinski definition) is 0. The molecule has 0 atom stereocenters. The Balaban J connectivity index is 0.00000169. The second kappa shape index (κ2) is 11.0. The topological polar surface area (TPSA) is 98.5 Å². The van der Waals surface area contributed by atoms with Crippen molar-refractivity contribution in [1.29, 1.82) is 0 Å². The number of ether oxygens (including phenoxy) is 1. The van der Waals surface area contributed by atoms with E-state index in [9.17, 15) is 4.79 Å². The summed E-state index contributed by atoms with van der Waals surface area (Å²) in [5.74, 6) is 1.46. The first-order valence-electron chi connectivity index (χ1n) is 8.72. The number of carbonyl (C=O) groups excluding carboxylic acids is 1. The lowest BCUT2D eigenvalue weighted by atomic mass is 10.0. The summed E-state index contributed by atoms with van der Waals surface area (Å²) in [4.78, 5) is 11.6. The van der Waals surface area contributed by atoms with E-state index in [4.69, 9.17) is 8.53 Å². The molecular weight excluding hydrogens is 347 g/mol. The molecule has 2 aromatic carbocycles. The molecule has 0 aromatic heterocycles. The zero-order valence-corrected chi connectivity index (χ0v) is 16.3. The summed E-state index contributed by atoms with van der Waals surface area (Å²) in [6.45, 7) is 1.52.